The Labute approximate surface area is 151 Å². The normalized spacial score (nSPS) is 16.2. The summed E-state index contributed by atoms with van der Waals surface area (Å²) in [5, 5.41) is 3.43. The molecule has 0 saturated carbocycles. The van der Waals surface area contributed by atoms with Crippen LogP contribution in [0.15, 0.2) is 24.3 Å². The molecule has 0 bridgehead atoms. The Kier molecular flexibility index (Phi) is 5.08. The van der Waals surface area contributed by atoms with Gasteiger partial charge in [0, 0.05) is 10.4 Å². The van der Waals surface area contributed by atoms with Gasteiger partial charge >= 0.3 is 0 Å². The summed E-state index contributed by atoms with van der Waals surface area (Å²) in [6.07, 6.45) is 2.81. The number of hydrogen-bond acceptors (Lipinski definition) is 4. The highest BCUT2D eigenvalue weighted by Gasteiger charge is 2.27. The largest absolute Gasteiger partial charge is 0.494 e. The second-order valence-electron chi connectivity index (χ2n) is 6.33. The predicted octanol–water partition coefficient (Wildman–Crippen LogP) is 3.62. The molecule has 1 aromatic heterocycles. The molecule has 1 atom stereocenters. The van der Waals surface area contributed by atoms with Gasteiger partial charge in [-0.3, -0.25) is 9.59 Å². The van der Waals surface area contributed by atoms with Crippen molar-refractivity contribution in [3.63, 3.8) is 0 Å². The van der Waals surface area contributed by atoms with E-state index in [9.17, 15) is 9.59 Å². The molecule has 1 aliphatic rings. The molecule has 0 radical (unpaired) electrons. The smallest absolute Gasteiger partial charge is 0.256 e. The van der Waals surface area contributed by atoms with Crippen molar-refractivity contribution >= 4 is 28.2 Å². The van der Waals surface area contributed by atoms with Crippen LogP contribution in [0.5, 0.6) is 5.75 Å². The maximum Gasteiger partial charge on any atom is 0.256 e. The molecule has 3 rings (SSSR count). The predicted molar refractivity (Wildman–Crippen MR) is 99.6 cm³/mol. The van der Waals surface area contributed by atoms with Crippen LogP contribution < -0.4 is 15.8 Å². The monoisotopic (exact) mass is 358 g/mol. The third-order valence-corrected chi connectivity index (χ3v) is 5.58. The number of primary amides is 1. The first-order valence-corrected chi connectivity index (χ1v) is 9.29. The first-order chi connectivity index (χ1) is 12.0. The zero-order chi connectivity index (χ0) is 18.0. The van der Waals surface area contributed by atoms with Crippen LogP contribution in [0.2, 0.25) is 0 Å². The van der Waals surface area contributed by atoms with Crippen molar-refractivity contribution < 1.29 is 14.3 Å². The third-order valence-electron chi connectivity index (χ3n) is 4.41. The van der Waals surface area contributed by atoms with E-state index < -0.39 is 5.91 Å². The lowest BCUT2D eigenvalue weighted by Gasteiger charge is -2.18. The van der Waals surface area contributed by atoms with Crippen molar-refractivity contribution in [1.82, 2.24) is 0 Å². The molecule has 0 aliphatic heterocycles. The van der Waals surface area contributed by atoms with E-state index in [-0.39, 0.29) is 5.91 Å². The lowest BCUT2D eigenvalue weighted by Crippen LogP contribution is -2.19. The maximum absolute atomic E-state index is 12.5. The number of nitrogens with two attached hydrogens (primary N) is 1. The number of hydrogen-bond donors (Lipinski definition) is 2. The quantitative estimate of drug-likeness (QED) is 0.856. The molecule has 1 aromatic carbocycles. The minimum absolute atomic E-state index is 0.253. The van der Waals surface area contributed by atoms with Gasteiger partial charge < -0.3 is 15.8 Å². The number of rotatable bonds is 5. The number of thiophene rings is 1. The molecule has 25 heavy (non-hydrogen) atoms. The van der Waals surface area contributed by atoms with E-state index in [0.29, 0.717) is 28.7 Å². The van der Waals surface area contributed by atoms with Crippen LogP contribution in [-0.2, 0) is 12.8 Å². The van der Waals surface area contributed by atoms with Crippen molar-refractivity contribution in [3.8, 4) is 5.75 Å². The van der Waals surface area contributed by atoms with E-state index in [1.807, 2.05) is 6.92 Å². The van der Waals surface area contributed by atoms with E-state index >= 15 is 0 Å². The van der Waals surface area contributed by atoms with Crippen molar-refractivity contribution in [2.45, 2.75) is 33.1 Å². The van der Waals surface area contributed by atoms with Gasteiger partial charge in [0.05, 0.1) is 12.2 Å². The SMILES string of the molecule is CCOc1ccc(C(=O)Nc2sc3c(c2C(N)=O)CC[C@H](C)C3)cc1. The van der Waals surface area contributed by atoms with Crippen molar-refractivity contribution in [2.24, 2.45) is 11.7 Å². The summed E-state index contributed by atoms with van der Waals surface area (Å²) in [6, 6.07) is 6.93. The fraction of sp³-hybridized carbons (Fsp3) is 0.368. The number of carbonyl (C=O) groups is 2. The summed E-state index contributed by atoms with van der Waals surface area (Å²) in [7, 11) is 0. The second-order valence-corrected chi connectivity index (χ2v) is 7.44. The summed E-state index contributed by atoms with van der Waals surface area (Å²) in [4.78, 5) is 25.6. The highest BCUT2D eigenvalue weighted by molar-refractivity contribution is 7.17. The van der Waals surface area contributed by atoms with Gasteiger partial charge in [-0.15, -0.1) is 11.3 Å². The van der Waals surface area contributed by atoms with Gasteiger partial charge in [0.25, 0.3) is 11.8 Å². The molecule has 2 aromatic rings. The first kappa shape index (κ1) is 17.5. The van der Waals surface area contributed by atoms with Crippen LogP contribution in [0.4, 0.5) is 5.00 Å². The van der Waals surface area contributed by atoms with E-state index in [4.69, 9.17) is 10.5 Å². The molecule has 0 spiro atoms. The van der Waals surface area contributed by atoms with E-state index in [1.165, 1.54) is 11.3 Å². The lowest BCUT2D eigenvalue weighted by molar-refractivity contribution is 0.1000. The molecule has 0 unspecified atom stereocenters. The number of nitrogens with one attached hydrogen (secondary N) is 1. The molecule has 5 nitrogen and oxygen atoms in total. The van der Waals surface area contributed by atoms with Crippen LogP contribution in [0, 0.1) is 5.92 Å². The molecule has 6 heteroatoms. The molecule has 1 heterocycles. The molecule has 0 saturated heterocycles. The van der Waals surface area contributed by atoms with Gasteiger partial charge in [-0.2, -0.15) is 0 Å². The fourth-order valence-electron chi connectivity index (χ4n) is 3.14. The minimum Gasteiger partial charge on any atom is -0.494 e. The van der Waals surface area contributed by atoms with Gasteiger partial charge in [0.15, 0.2) is 0 Å². The van der Waals surface area contributed by atoms with E-state index in [0.717, 1.165) is 35.5 Å². The number of carbonyl (C=O) groups excluding carboxylic acids is 2. The Morgan fingerprint density at radius 2 is 2.04 bits per heavy atom. The van der Waals surface area contributed by atoms with Crippen molar-refractivity contribution in [3.05, 3.63) is 45.8 Å². The number of ether oxygens (including phenoxy) is 1. The summed E-state index contributed by atoms with van der Waals surface area (Å²) < 4.78 is 5.38. The minimum atomic E-state index is -0.478. The Morgan fingerprint density at radius 1 is 1.32 bits per heavy atom. The highest BCUT2D eigenvalue weighted by atomic mass is 32.1. The summed E-state index contributed by atoms with van der Waals surface area (Å²) in [6.45, 7) is 4.68. The van der Waals surface area contributed by atoms with Crippen molar-refractivity contribution in [1.29, 1.82) is 0 Å². The topological polar surface area (TPSA) is 81.4 Å². The average molecular weight is 358 g/mol. The summed E-state index contributed by atoms with van der Waals surface area (Å²) >= 11 is 1.47. The Bertz CT molecular complexity index is 796. The van der Waals surface area contributed by atoms with Gasteiger partial charge in [-0.25, -0.2) is 0 Å². The number of benzene rings is 1. The van der Waals surface area contributed by atoms with Gasteiger partial charge in [0.2, 0.25) is 0 Å². The number of fused-ring (bicyclic) bond motifs is 1. The first-order valence-electron chi connectivity index (χ1n) is 8.48. The Morgan fingerprint density at radius 3 is 2.68 bits per heavy atom. The van der Waals surface area contributed by atoms with Gasteiger partial charge in [-0.05, 0) is 61.9 Å². The number of anilines is 1. The molecule has 1 aliphatic carbocycles. The van der Waals surface area contributed by atoms with Crippen LogP contribution in [-0.4, -0.2) is 18.4 Å². The summed E-state index contributed by atoms with van der Waals surface area (Å²) in [5.74, 6) is 0.574. The zero-order valence-corrected chi connectivity index (χ0v) is 15.2. The number of amides is 2. The molecule has 0 fully saturated rings. The molecule has 3 N–H and O–H groups in total. The Balaban J connectivity index is 1.84. The third kappa shape index (κ3) is 3.69. The zero-order valence-electron chi connectivity index (χ0n) is 14.4. The van der Waals surface area contributed by atoms with Gasteiger partial charge in [-0.1, -0.05) is 6.92 Å². The van der Waals surface area contributed by atoms with Crippen LogP contribution in [0.3, 0.4) is 0 Å². The average Bonchev–Trinajstić information content (AvgIpc) is 2.92. The van der Waals surface area contributed by atoms with Crippen molar-refractivity contribution in [2.75, 3.05) is 11.9 Å². The van der Waals surface area contributed by atoms with Crippen LogP contribution in [0.25, 0.3) is 0 Å². The van der Waals surface area contributed by atoms with E-state index in [1.54, 1.807) is 24.3 Å². The molecular formula is C19H22N2O3S. The highest BCUT2D eigenvalue weighted by Crippen LogP contribution is 2.39. The van der Waals surface area contributed by atoms with E-state index in [2.05, 4.69) is 12.2 Å². The molecule has 2 amide bonds. The van der Waals surface area contributed by atoms with Gasteiger partial charge in [0.1, 0.15) is 10.8 Å². The second kappa shape index (κ2) is 7.27. The molecular weight excluding hydrogens is 336 g/mol. The lowest BCUT2D eigenvalue weighted by atomic mass is 9.88. The van der Waals surface area contributed by atoms with Crippen LogP contribution in [0.1, 0.15) is 51.4 Å². The standard InChI is InChI=1S/C19H22N2O3S/c1-3-24-13-7-5-12(6-8-13)18(23)21-19-16(17(20)22)14-9-4-11(2)10-15(14)25-19/h5-8,11H,3-4,9-10H2,1-2H3,(H2,20,22)(H,21,23)/t11-/m0/s1. The van der Waals surface area contributed by atoms with Crippen LogP contribution >= 0.6 is 11.3 Å². The fourth-order valence-corrected chi connectivity index (χ4v) is 4.56. The molecule has 132 valence electrons. The maximum atomic E-state index is 12.5. The summed E-state index contributed by atoms with van der Waals surface area (Å²) in [5.41, 5.74) is 7.59. The Hall–Kier alpha value is -2.34.